The van der Waals surface area contributed by atoms with Crippen LogP contribution in [0.4, 0.5) is 0 Å². The predicted molar refractivity (Wildman–Crippen MR) is 70.1 cm³/mol. The van der Waals surface area contributed by atoms with Gasteiger partial charge in [-0.15, -0.1) is 0 Å². The molecule has 0 saturated carbocycles. The molecule has 106 valence electrons. The van der Waals surface area contributed by atoms with E-state index in [0.717, 1.165) is 6.42 Å². The van der Waals surface area contributed by atoms with Crippen molar-refractivity contribution in [2.24, 2.45) is 5.41 Å². The minimum absolute atomic E-state index is 0.0598. The Kier molecular flexibility index (Phi) is 7.64. The molecule has 0 aromatic carbocycles. The summed E-state index contributed by atoms with van der Waals surface area (Å²) in [5.41, 5.74) is -0.0598. The lowest BCUT2D eigenvalue weighted by Gasteiger charge is -2.26. The van der Waals surface area contributed by atoms with E-state index in [1.165, 1.54) is 0 Å². The van der Waals surface area contributed by atoms with Gasteiger partial charge in [0.15, 0.2) is 0 Å². The van der Waals surface area contributed by atoms with E-state index in [-0.39, 0.29) is 36.3 Å². The molecule has 0 aromatic heterocycles. The second kappa shape index (κ2) is 8.11. The molecule has 0 spiro atoms. The van der Waals surface area contributed by atoms with Gasteiger partial charge in [0.05, 0.1) is 6.61 Å². The molecule has 0 heterocycles. The third-order valence-corrected chi connectivity index (χ3v) is 2.76. The maximum atomic E-state index is 11.5. The Hall–Kier alpha value is -1.06. The summed E-state index contributed by atoms with van der Waals surface area (Å²) in [7, 11) is 0. The number of esters is 2. The zero-order valence-corrected chi connectivity index (χ0v) is 12.2. The summed E-state index contributed by atoms with van der Waals surface area (Å²) in [6.45, 7) is 10.3. The highest BCUT2D eigenvalue weighted by Gasteiger charge is 2.23. The first kappa shape index (κ1) is 16.9. The van der Waals surface area contributed by atoms with Crippen LogP contribution in [0.1, 0.15) is 60.3 Å². The van der Waals surface area contributed by atoms with Gasteiger partial charge in [0.2, 0.25) is 0 Å². The largest absolute Gasteiger partial charge is 0.466 e. The van der Waals surface area contributed by atoms with Crippen molar-refractivity contribution in [3.05, 3.63) is 0 Å². The summed E-state index contributed by atoms with van der Waals surface area (Å²) in [6.07, 6.45) is 1.72. The number of hydrogen-bond donors (Lipinski definition) is 0. The van der Waals surface area contributed by atoms with E-state index in [1.807, 2.05) is 34.6 Å². The number of carbonyl (C=O) groups excluding carboxylic acids is 2. The Morgan fingerprint density at radius 1 is 1.11 bits per heavy atom. The molecular formula is C14H26O4. The lowest BCUT2D eigenvalue weighted by molar-refractivity contribution is -0.153. The van der Waals surface area contributed by atoms with Crippen LogP contribution in [0.15, 0.2) is 0 Å². The topological polar surface area (TPSA) is 52.6 Å². The van der Waals surface area contributed by atoms with Crippen molar-refractivity contribution >= 4 is 11.9 Å². The second-order valence-electron chi connectivity index (χ2n) is 5.57. The second-order valence-corrected chi connectivity index (χ2v) is 5.57. The molecule has 0 fully saturated rings. The van der Waals surface area contributed by atoms with Crippen LogP contribution in [0, 0.1) is 5.41 Å². The first-order chi connectivity index (χ1) is 8.27. The highest BCUT2D eigenvalue weighted by Crippen LogP contribution is 2.22. The van der Waals surface area contributed by atoms with Gasteiger partial charge in [-0.25, -0.2) is 0 Å². The van der Waals surface area contributed by atoms with Crippen LogP contribution in [0.5, 0.6) is 0 Å². The van der Waals surface area contributed by atoms with Gasteiger partial charge in [-0.1, -0.05) is 27.7 Å². The average Bonchev–Trinajstić information content (AvgIpc) is 2.24. The van der Waals surface area contributed by atoms with Gasteiger partial charge in [-0.2, -0.15) is 0 Å². The monoisotopic (exact) mass is 258 g/mol. The van der Waals surface area contributed by atoms with Crippen LogP contribution in [-0.2, 0) is 19.1 Å². The van der Waals surface area contributed by atoms with Crippen molar-refractivity contribution in [2.75, 3.05) is 6.61 Å². The Morgan fingerprint density at radius 2 is 1.67 bits per heavy atom. The number of ether oxygens (including phenoxy) is 2. The lowest BCUT2D eigenvalue weighted by Crippen LogP contribution is -2.28. The van der Waals surface area contributed by atoms with Crippen LogP contribution in [0.25, 0.3) is 0 Å². The number of rotatable bonds is 7. The van der Waals surface area contributed by atoms with E-state index >= 15 is 0 Å². The Balaban J connectivity index is 3.75. The molecule has 0 aliphatic heterocycles. The SMILES string of the molecule is CCCOC(=O)CCCC(=O)OC(C)C(C)(C)C. The average molecular weight is 258 g/mol. The minimum atomic E-state index is -0.249. The lowest BCUT2D eigenvalue weighted by atomic mass is 9.90. The number of carbonyl (C=O) groups is 2. The smallest absolute Gasteiger partial charge is 0.306 e. The van der Waals surface area contributed by atoms with E-state index in [2.05, 4.69) is 0 Å². The van der Waals surface area contributed by atoms with Gasteiger partial charge in [0.1, 0.15) is 6.10 Å². The molecule has 0 radical (unpaired) electrons. The van der Waals surface area contributed by atoms with Gasteiger partial charge in [-0.3, -0.25) is 9.59 Å². The molecule has 18 heavy (non-hydrogen) atoms. The van der Waals surface area contributed by atoms with Crippen LogP contribution >= 0.6 is 0 Å². The zero-order chi connectivity index (χ0) is 14.2. The van der Waals surface area contributed by atoms with E-state index in [1.54, 1.807) is 0 Å². The normalized spacial score (nSPS) is 12.9. The fraction of sp³-hybridized carbons (Fsp3) is 0.857. The maximum Gasteiger partial charge on any atom is 0.306 e. The van der Waals surface area contributed by atoms with Gasteiger partial charge >= 0.3 is 11.9 Å². The minimum Gasteiger partial charge on any atom is -0.466 e. The van der Waals surface area contributed by atoms with Crippen LogP contribution in [-0.4, -0.2) is 24.6 Å². The molecule has 0 amide bonds. The molecule has 0 N–H and O–H groups in total. The molecule has 4 nitrogen and oxygen atoms in total. The van der Waals surface area contributed by atoms with Crippen molar-refractivity contribution in [3.63, 3.8) is 0 Å². The highest BCUT2D eigenvalue weighted by molar-refractivity contribution is 5.72. The number of hydrogen-bond acceptors (Lipinski definition) is 4. The van der Waals surface area contributed by atoms with E-state index in [0.29, 0.717) is 13.0 Å². The van der Waals surface area contributed by atoms with Gasteiger partial charge < -0.3 is 9.47 Å². The van der Waals surface area contributed by atoms with Crippen LogP contribution < -0.4 is 0 Å². The molecule has 1 atom stereocenters. The molecule has 0 rings (SSSR count). The van der Waals surface area contributed by atoms with Crippen LogP contribution in [0.3, 0.4) is 0 Å². The fourth-order valence-electron chi connectivity index (χ4n) is 1.10. The third kappa shape index (κ3) is 8.09. The van der Waals surface area contributed by atoms with Gasteiger partial charge in [0.25, 0.3) is 0 Å². The Labute approximate surface area is 110 Å². The standard InChI is InChI=1S/C14H26O4/c1-6-10-17-12(15)8-7-9-13(16)18-11(2)14(3,4)5/h11H,6-10H2,1-5H3. The first-order valence-corrected chi connectivity index (χ1v) is 6.62. The Morgan fingerprint density at radius 3 is 2.17 bits per heavy atom. The maximum absolute atomic E-state index is 11.5. The molecule has 0 aliphatic carbocycles. The molecule has 1 unspecified atom stereocenters. The van der Waals surface area contributed by atoms with Gasteiger partial charge in [-0.05, 0) is 25.2 Å². The zero-order valence-electron chi connectivity index (χ0n) is 12.2. The van der Waals surface area contributed by atoms with E-state index < -0.39 is 0 Å². The van der Waals surface area contributed by atoms with Crippen LogP contribution in [0.2, 0.25) is 0 Å². The fourth-order valence-corrected chi connectivity index (χ4v) is 1.10. The quantitative estimate of drug-likeness (QED) is 0.658. The summed E-state index contributed by atoms with van der Waals surface area (Å²) in [4.78, 5) is 22.7. The van der Waals surface area contributed by atoms with E-state index in [9.17, 15) is 9.59 Å². The summed E-state index contributed by atoms with van der Waals surface area (Å²) < 4.78 is 10.2. The molecule has 0 bridgehead atoms. The van der Waals surface area contributed by atoms with Crippen molar-refractivity contribution in [1.82, 2.24) is 0 Å². The van der Waals surface area contributed by atoms with Crippen molar-refractivity contribution in [1.29, 1.82) is 0 Å². The summed E-state index contributed by atoms with van der Waals surface area (Å²) in [6, 6.07) is 0. The molecule has 0 aromatic rings. The first-order valence-electron chi connectivity index (χ1n) is 6.62. The molecule has 4 heteroatoms. The van der Waals surface area contributed by atoms with Gasteiger partial charge in [0, 0.05) is 12.8 Å². The molecular weight excluding hydrogens is 232 g/mol. The summed E-state index contributed by atoms with van der Waals surface area (Å²) in [5.74, 6) is -0.491. The summed E-state index contributed by atoms with van der Waals surface area (Å²) in [5, 5.41) is 0. The van der Waals surface area contributed by atoms with Crippen molar-refractivity contribution < 1.29 is 19.1 Å². The Bertz CT molecular complexity index is 265. The third-order valence-electron chi connectivity index (χ3n) is 2.76. The van der Waals surface area contributed by atoms with Crippen molar-refractivity contribution in [2.45, 2.75) is 66.4 Å². The highest BCUT2D eigenvalue weighted by atomic mass is 16.5. The molecule has 0 saturated heterocycles. The van der Waals surface area contributed by atoms with E-state index in [4.69, 9.17) is 9.47 Å². The molecule has 0 aliphatic rings. The predicted octanol–water partition coefficient (Wildman–Crippen LogP) is 3.09. The van der Waals surface area contributed by atoms with Crippen molar-refractivity contribution in [3.8, 4) is 0 Å². The summed E-state index contributed by atoms with van der Waals surface area (Å²) >= 11 is 0.